The average molecular weight is 253 g/mol. The Bertz CT molecular complexity index is 306. The molecule has 0 aromatic rings. The minimum Gasteiger partial charge on any atom is -0.353 e. The summed E-state index contributed by atoms with van der Waals surface area (Å²) in [7, 11) is 0. The van der Waals surface area contributed by atoms with Crippen molar-refractivity contribution in [1.29, 1.82) is 0 Å². The second kappa shape index (κ2) is 5.17. The van der Waals surface area contributed by atoms with Crippen molar-refractivity contribution in [2.75, 3.05) is 13.2 Å². The zero-order valence-corrected chi connectivity index (χ0v) is 11.0. The Labute approximate surface area is 108 Å². The van der Waals surface area contributed by atoms with E-state index in [1.54, 1.807) is 0 Å². The molecule has 1 N–H and O–H groups in total. The molecule has 3 fully saturated rings. The van der Waals surface area contributed by atoms with E-state index in [9.17, 15) is 4.79 Å². The van der Waals surface area contributed by atoms with Crippen LogP contribution in [0.4, 0.5) is 0 Å². The minimum absolute atomic E-state index is 0.0495. The second-order valence-electron chi connectivity index (χ2n) is 5.90. The van der Waals surface area contributed by atoms with Gasteiger partial charge in [-0.25, -0.2) is 0 Å². The van der Waals surface area contributed by atoms with E-state index in [4.69, 9.17) is 9.47 Å². The molecule has 0 aromatic heterocycles. The number of nitrogens with one attached hydrogen (secondary N) is 1. The van der Waals surface area contributed by atoms with Crippen molar-refractivity contribution in [2.45, 2.75) is 63.3 Å². The van der Waals surface area contributed by atoms with E-state index >= 15 is 0 Å². The van der Waals surface area contributed by atoms with E-state index in [-0.39, 0.29) is 23.7 Å². The van der Waals surface area contributed by atoms with Gasteiger partial charge in [0.1, 0.15) is 6.10 Å². The first kappa shape index (κ1) is 12.4. The molecule has 0 aromatic carbocycles. The second-order valence-corrected chi connectivity index (χ2v) is 5.90. The first-order chi connectivity index (χ1) is 8.77. The lowest BCUT2D eigenvalue weighted by Crippen LogP contribution is -2.37. The summed E-state index contributed by atoms with van der Waals surface area (Å²) in [6.45, 7) is 1.24. The van der Waals surface area contributed by atoms with Gasteiger partial charge in [0.15, 0.2) is 5.79 Å². The Balaban J connectivity index is 1.42. The maximum atomic E-state index is 11.9. The zero-order chi connectivity index (χ0) is 12.4. The van der Waals surface area contributed by atoms with Crippen LogP contribution in [0.5, 0.6) is 0 Å². The highest BCUT2D eigenvalue weighted by Crippen LogP contribution is 2.39. The molecule has 1 aliphatic heterocycles. The van der Waals surface area contributed by atoms with Gasteiger partial charge in [-0.2, -0.15) is 0 Å². The Morgan fingerprint density at radius 1 is 1.17 bits per heavy atom. The molecule has 0 bridgehead atoms. The van der Waals surface area contributed by atoms with Gasteiger partial charge in [0, 0.05) is 25.3 Å². The fourth-order valence-electron chi connectivity index (χ4n) is 3.44. The van der Waals surface area contributed by atoms with Crippen LogP contribution in [0.25, 0.3) is 0 Å². The van der Waals surface area contributed by atoms with Gasteiger partial charge in [0.05, 0.1) is 6.61 Å². The number of amides is 1. The fourth-order valence-corrected chi connectivity index (χ4v) is 3.44. The first-order valence-electron chi connectivity index (χ1n) is 7.37. The van der Waals surface area contributed by atoms with Crippen LogP contribution in [0.2, 0.25) is 0 Å². The van der Waals surface area contributed by atoms with E-state index in [0.717, 1.165) is 25.7 Å². The first-order valence-corrected chi connectivity index (χ1v) is 7.37. The number of ether oxygens (including phenoxy) is 2. The highest BCUT2D eigenvalue weighted by Gasteiger charge is 2.43. The van der Waals surface area contributed by atoms with E-state index in [0.29, 0.717) is 13.2 Å². The van der Waals surface area contributed by atoms with Gasteiger partial charge in [0.25, 0.3) is 0 Å². The number of hydrogen-bond donors (Lipinski definition) is 1. The molecule has 1 amide bonds. The smallest absolute Gasteiger partial charge is 0.223 e. The lowest BCUT2D eigenvalue weighted by atomic mass is 10.1. The maximum Gasteiger partial charge on any atom is 0.223 e. The molecular formula is C14H23NO3. The van der Waals surface area contributed by atoms with Crippen LogP contribution in [0, 0.1) is 5.92 Å². The minimum atomic E-state index is -0.303. The molecule has 2 aliphatic carbocycles. The summed E-state index contributed by atoms with van der Waals surface area (Å²) in [6, 6.07) is 0. The van der Waals surface area contributed by atoms with Crippen molar-refractivity contribution in [2.24, 2.45) is 5.92 Å². The molecule has 18 heavy (non-hydrogen) atoms. The summed E-state index contributed by atoms with van der Waals surface area (Å²) in [5.41, 5.74) is 0. The van der Waals surface area contributed by atoms with Crippen LogP contribution < -0.4 is 5.32 Å². The van der Waals surface area contributed by atoms with Crippen LogP contribution in [0.1, 0.15) is 51.4 Å². The summed E-state index contributed by atoms with van der Waals surface area (Å²) in [5.74, 6) is 0.152. The molecule has 4 nitrogen and oxygen atoms in total. The van der Waals surface area contributed by atoms with Gasteiger partial charge >= 0.3 is 0 Å². The van der Waals surface area contributed by atoms with E-state index in [1.165, 1.54) is 25.7 Å². The predicted molar refractivity (Wildman–Crippen MR) is 67.0 cm³/mol. The molecular weight excluding hydrogens is 230 g/mol. The van der Waals surface area contributed by atoms with Crippen LogP contribution in [-0.4, -0.2) is 30.9 Å². The zero-order valence-electron chi connectivity index (χ0n) is 11.0. The van der Waals surface area contributed by atoms with Gasteiger partial charge in [0.2, 0.25) is 5.91 Å². The quantitative estimate of drug-likeness (QED) is 0.836. The average Bonchev–Trinajstić information content (AvgIpc) is 3.09. The normalized spacial score (nSPS) is 31.2. The van der Waals surface area contributed by atoms with Crippen LogP contribution >= 0.6 is 0 Å². The van der Waals surface area contributed by atoms with Gasteiger partial charge in [-0.05, 0) is 25.7 Å². The molecule has 1 spiro atoms. The molecule has 0 radical (unpaired) electrons. The Kier molecular flexibility index (Phi) is 3.57. The van der Waals surface area contributed by atoms with Crippen LogP contribution in [-0.2, 0) is 14.3 Å². The SMILES string of the molecule is O=C(NCC1COC2(CCCC2)O1)C1CCCC1. The molecule has 1 unspecified atom stereocenters. The number of hydrogen-bond acceptors (Lipinski definition) is 3. The van der Waals surface area contributed by atoms with E-state index in [2.05, 4.69) is 5.32 Å². The summed E-state index contributed by atoms with van der Waals surface area (Å²) >= 11 is 0. The highest BCUT2D eigenvalue weighted by molar-refractivity contribution is 5.78. The van der Waals surface area contributed by atoms with Crippen molar-refractivity contribution >= 4 is 5.91 Å². The lowest BCUT2D eigenvalue weighted by molar-refractivity contribution is -0.161. The van der Waals surface area contributed by atoms with Crippen molar-refractivity contribution in [3.63, 3.8) is 0 Å². The van der Waals surface area contributed by atoms with Crippen molar-refractivity contribution < 1.29 is 14.3 Å². The van der Waals surface area contributed by atoms with Gasteiger partial charge in [-0.15, -0.1) is 0 Å². The molecule has 2 saturated carbocycles. The standard InChI is InChI=1S/C14H23NO3/c16-13(11-5-1-2-6-11)15-9-12-10-17-14(18-12)7-3-4-8-14/h11-12H,1-10H2,(H,15,16). The molecule has 3 aliphatic rings. The lowest BCUT2D eigenvalue weighted by Gasteiger charge is -2.22. The third-order valence-electron chi connectivity index (χ3n) is 4.51. The van der Waals surface area contributed by atoms with Gasteiger partial charge in [-0.1, -0.05) is 12.8 Å². The molecule has 3 rings (SSSR count). The number of rotatable bonds is 3. The fraction of sp³-hybridized carbons (Fsp3) is 0.929. The van der Waals surface area contributed by atoms with Crippen molar-refractivity contribution in [3.05, 3.63) is 0 Å². The maximum absolute atomic E-state index is 11.9. The van der Waals surface area contributed by atoms with Gasteiger partial charge < -0.3 is 14.8 Å². The molecule has 4 heteroatoms. The predicted octanol–water partition coefficient (Wildman–Crippen LogP) is 1.98. The van der Waals surface area contributed by atoms with E-state index < -0.39 is 0 Å². The monoisotopic (exact) mass is 253 g/mol. The topological polar surface area (TPSA) is 47.6 Å². The summed E-state index contributed by atoms with van der Waals surface area (Å²) < 4.78 is 11.8. The van der Waals surface area contributed by atoms with Gasteiger partial charge in [-0.3, -0.25) is 4.79 Å². The van der Waals surface area contributed by atoms with Crippen LogP contribution in [0.3, 0.4) is 0 Å². The summed E-state index contributed by atoms with van der Waals surface area (Å²) in [6.07, 6.45) is 8.97. The highest BCUT2D eigenvalue weighted by atomic mass is 16.7. The summed E-state index contributed by atoms with van der Waals surface area (Å²) in [4.78, 5) is 11.9. The molecule has 1 atom stereocenters. The van der Waals surface area contributed by atoms with Crippen molar-refractivity contribution in [1.82, 2.24) is 5.32 Å². The van der Waals surface area contributed by atoms with Crippen LogP contribution in [0.15, 0.2) is 0 Å². The third-order valence-corrected chi connectivity index (χ3v) is 4.51. The molecule has 102 valence electrons. The largest absolute Gasteiger partial charge is 0.353 e. The molecule has 1 heterocycles. The van der Waals surface area contributed by atoms with E-state index in [1.807, 2.05) is 0 Å². The van der Waals surface area contributed by atoms with Crippen molar-refractivity contribution in [3.8, 4) is 0 Å². The Morgan fingerprint density at radius 3 is 2.61 bits per heavy atom. The number of carbonyl (C=O) groups excluding carboxylic acids is 1. The Morgan fingerprint density at radius 2 is 1.89 bits per heavy atom. The Hall–Kier alpha value is -0.610. The molecule has 1 saturated heterocycles. The summed E-state index contributed by atoms with van der Waals surface area (Å²) in [5, 5.41) is 3.03. The number of carbonyl (C=O) groups is 1. The third kappa shape index (κ3) is 2.54.